The summed E-state index contributed by atoms with van der Waals surface area (Å²) in [6.07, 6.45) is 0. The van der Waals surface area contributed by atoms with Crippen LogP contribution in [0.1, 0.15) is 27.0 Å². The summed E-state index contributed by atoms with van der Waals surface area (Å²) in [5.74, 6) is -0.102. The van der Waals surface area contributed by atoms with E-state index < -0.39 is 0 Å². The van der Waals surface area contributed by atoms with Crippen molar-refractivity contribution < 1.29 is 9.90 Å². The Bertz CT molecular complexity index is 626. The van der Waals surface area contributed by atoms with Crippen molar-refractivity contribution in [2.24, 2.45) is 0 Å². The number of amides is 1. The predicted molar refractivity (Wildman–Crippen MR) is 82.4 cm³/mol. The second-order valence-electron chi connectivity index (χ2n) is 4.62. The highest BCUT2D eigenvalue weighted by molar-refractivity contribution is 9.10. The lowest BCUT2D eigenvalue weighted by Crippen LogP contribution is -2.22. The van der Waals surface area contributed by atoms with Crippen LogP contribution in [0.25, 0.3) is 0 Å². The minimum Gasteiger partial charge on any atom is -0.392 e. The van der Waals surface area contributed by atoms with Crippen LogP contribution in [0.4, 0.5) is 0 Å². The van der Waals surface area contributed by atoms with Gasteiger partial charge in [-0.1, -0.05) is 40.2 Å². The summed E-state index contributed by atoms with van der Waals surface area (Å²) < 4.78 is 0.990. The third-order valence-electron chi connectivity index (χ3n) is 3.05. The molecule has 0 spiro atoms. The van der Waals surface area contributed by atoms with Crippen LogP contribution in [0.15, 0.2) is 46.9 Å². The monoisotopic (exact) mass is 333 g/mol. The van der Waals surface area contributed by atoms with E-state index in [-0.39, 0.29) is 12.5 Å². The van der Waals surface area contributed by atoms with Gasteiger partial charge in [0.15, 0.2) is 0 Å². The molecule has 20 heavy (non-hydrogen) atoms. The molecule has 0 aliphatic heterocycles. The summed E-state index contributed by atoms with van der Waals surface area (Å²) in [5, 5.41) is 12.0. The molecule has 4 heteroatoms. The smallest absolute Gasteiger partial charge is 0.251 e. The molecule has 0 saturated carbocycles. The number of hydrogen-bond donors (Lipinski definition) is 2. The summed E-state index contributed by atoms with van der Waals surface area (Å²) >= 11 is 3.41. The van der Waals surface area contributed by atoms with Gasteiger partial charge in [-0.25, -0.2) is 0 Å². The van der Waals surface area contributed by atoms with Crippen molar-refractivity contribution in [3.05, 3.63) is 69.2 Å². The van der Waals surface area contributed by atoms with Gasteiger partial charge in [0.25, 0.3) is 5.91 Å². The number of halogens is 1. The summed E-state index contributed by atoms with van der Waals surface area (Å²) in [6, 6.07) is 13.0. The van der Waals surface area contributed by atoms with Crippen molar-refractivity contribution in [1.82, 2.24) is 5.32 Å². The molecule has 0 aliphatic rings. The molecule has 2 aromatic rings. The standard InChI is InChI=1S/C16H16BrNO2/c1-11-7-14(5-6-15(11)17)16(20)18-9-12-3-2-4-13(8-12)10-19/h2-8,19H,9-10H2,1H3,(H,18,20). The van der Waals surface area contributed by atoms with Crippen LogP contribution >= 0.6 is 15.9 Å². The van der Waals surface area contributed by atoms with E-state index in [9.17, 15) is 4.79 Å². The molecule has 2 aromatic carbocycles. The van der Waals surface area contributed by atoms with Gasteiger partial charge in [0, 0.05) is 16.6 Å². The van der Waals surface area contributed by atoms with Gasteiger partial charge in [-0.3, -0.25) is 4.79 Å². The van der Waals surface area contributed by atoms with Gasteiger partial charge >= 0.3 is 0 Å². The van der Waals surface area contributed by atoms with Crippen LogP contribution in [0.2, 0.25) is 0 Å². The van der Waals surface area contributed by atoms with Crippen molar-refractivity contribution in [3.63, 3.8) is 0 Å². The van der Waals surface area contributed by atoms with Gasteiger partial charge in [0.1, 0.15) is 0 Å². The van der Waals surface area contributed by atoms with Crippen molar-refractivity contribution in [1.29, 1.82) is 0 Å². The molecule has 2 rings (SSSR count). The number of nitrogens with one attached hydrogen (secondary N) is 1. The Morgan fingerprint density at radius 3 is 2.65 bits per heavy atom. The van der Waals surface area contributed by atoms with Crippen molar-refractivity contribution in [2.45, 2.75) is 20.1 Å². The molecule has 0 atom stereocenters. The SMILES string of the molecule is Cc1cc(C(=O)NCc2cccc(CO)c2)ccc1Br. The van der Waals surface area contributed by atoms with Crippen LogP contribution in [0.5, 0.6) is 0 Å². The highest BCUT2D eigenvalue weighted by Crippen LogP contribution is 2.17. The van der Waals surface area contributed by atoms with Crippen molar-refractivity contribution in [3.8, 4) is 0 Å². The maximum absolute atomic E-state index is 12.1. The molecule has 0 radical (unpaired) electrons. The number of aliphatic hydroxyl groups excluding tert-OH is 1. The van der Waals surface area contributed by atoms with Crippen LogP contribution < -0.4 is 5.32 Å². The molecule has 2 N–H and O–H groups in total. The van der Waals surface area contributed by atoms with E-state index in [2.05, 4.69) is 21.2 Å². The van der Waals surface area contributed by atoms with E-state index in [4.69, 9.17) is 5.11 Å². The maximum Gasteiger partial charge on any atom is 0.251 e. The number of carbonyl (C=O) groups excluding carboxylic acids is 1. The molecule has 1 amide bonds. The number of aliphatic hydroxyl groups is 1. The summed E-state index contributed by atoms with van der Waals surface area (Å²) in [7, 11) is 0. The molecule has 0 bridgehead atoms. The lowest BCUT2D eigenvalue weighted by Gasteiger charge is -2.08. The van der Waals surface area contributed by atoms with Gasteiger partial charge in [0.2, 0.25) is 0 Å². The molecule has 0 saturated heterocycles. The third kappa shape index (κ3) is 3.68. The van der Waals surface area contributed by atoms with Gasteiger partial charge in [0.05, 0.1) is 6.61 Å². The maximum atomic E-state index is 12.1. The Balaban J connectivity index is 2.02. The Morgan fingerprint density at radius 1 is 1.20 bits per heavy atom. The lowest BCUT2D eigenvalue weighted by molar-refractivity contribution is 0.0951. The first-order chi connectivity index (χ1) is 9.60. The normalized spacial score (nSPS) is 10.3. The van der Waals surface area contributed by atoms with Crippen molar-refractivity contribution >= 4 is 21.8 Å². The zero-order valence-corrected chi connectivity index (χ0v) is 12.8. The average Bonchev–Trinajstić information content (AvgIpc) is 2.47. The molecule has 3 nitrogen and oxygen atoms in total. The van der Waals surface area contributed by atoms with Gasteiger partial charge in [-0.05, 0) is 41.8 Å². The highest BCUT2D eigenvalue weighted by atomic mass is 79.9. The van der Waals surface area contributed by atoms with Crippen LogP contribution in [0.3, 0.4) is 0 Å². The summed E-state index contributed by atoms with van der Waals surface area (Å²) in [4.78, 5) is 12.1. The van der Waals surface area contributed by atoms with Gasteiger partial charge in [-0.2, -0.15) is 0 Å². The lowest BCUT2D eigenvalue weighted by atomic mass is 10.1. The van der Waals surface area contributed by atoms with Crippen LogP contribution in [-0.2, 0) is 13.2 Å². The van der Waals surface area contributed by atoms with Gasteiger partial charge < -0.3 is 10.4 Å². The zero-order valence-electron chi connectivity index (χ0n) is 11.2. The number of aryl methyl sites for hydroxylation is 1. The average molecular weight is 334 g/mol. The predicted octanol–water partition coefficient (Wildman–Crippen LogP) is 3.18. The fraction of sp³-hybridized carbons (Fsp3) is 0.188. The van der Waals surface area contributed by atoms with E-state index in [0.29, 0.717) is 12.1 Å². The van der Waals surface area contributed by atoms with E-state index in [0.717, 1.165) is 21.2 Å². The minimum absolute atomic E-state index is 0.00763. The zero-order chi connectivity index (χ0) is 14.5. The van der Waals surface area contributed by atoms with E-state index >= 15 is 0 Å². The first-order valence-electron chi connectivity index (χ1n) is 6.33. The fourth-order valence-corrected chi connectivity index (χ4v) is 2.15. The van der Waals surface area contributed by atoms with Crippen molar-refractivity contribution in [2.75, 3.05) is 0 Å². The topological polar surface area (TPSA) is 49.3 Å². The molecule has 0 heterocycles. The second-order valence-corrected chi connectivity index (χ2v) is 5.48. The highest BCUT2D eigenvalue weighted by Gasteiger charge is 2.06. The second kappa shape index (κ2) is 6.68. The Morgan fingerprint density at radius 2 is 1.95 bits per heavy atom. The number of benzene rings is 2. The van der Waals surface area contributed by atoms with Crippen LogP contribution in [0, 0.1) is 6.92 Å². The first kappa shape index (κ1) is 14.8. The molecule has 104 valence electrons. The Labute approximate surface area is 126 Å². The number of hydrogen-bond acceptors (Lipinski definition) is 2. The van der Waals surface area contributed by atoms with Crippen LogP contribution in [-0.4, -0.2) is 11.0 Å². The third-order valence-corrected chi connectivity index (χ3v) is 3.94. The van der Waals surface area contributed by atoms with E-state index in [1.165, 1.54) is 0 Å². The van der Waals surface area contributed by atoms with E-state index in [1.54, 1.807) is 6.07 Å². The molecule has 0 fully saturated rings. The molecule has 0 aliphatic carbocycles. The Kier molecular flexibility index (Phi) is 4.93. The summed E-state index contributed by atoms with van der Waals surface area (Å²) in [5.41, 5.74) is 3.49. The first-order valence-corrected chi connectivity index (χ1v) is 7.12. The quantitative estimate of drug-likeness (QED) is 0.902. The molecular formula is C16H16BrNO2. The molecular weight excluding hydrogens is 318 g/mol. The Hall–Kier alpha value is -1.65. The number of carbonyl (C=O) groups is 1. The van der Waals surface area contributed by atoms with E-state index in [1.807, 2.05) is 43.3 Å². The summed E-state index contributed by atoms with van der Waals surface area (Å²) in [6.45, 7) is 2.40. The minimum atomic E-state index is -0.102. The molecule has 0 unspecified atom stereocenters. The molecule has 0 aromatic heterocycles. The number of rotatable bonds is 4. The largest absolute Gasteiger partial charge is 0.392 e. The van der Waals surface area contributed by atoms with Gasteiger partial charge in [-0.15, -0.1) is 0 Å². The fourth-order valence-electron chi connectivity index (χ4n) is 1.91.